The summed E-state index contributed by atoms with van der Waals surface area (Å²) in [4.78, 5) is 38.5. The number of amides is 2. The lowest BCUT2D eigenvalue weighted by Gasteiger charge is -2.24. The Morgan fingerprint density at radius 1 is 1.00 bits per heavy atom. The fraction of sp³-hybridized carbons (Fsp3) is 0.483. The molecule has 0 atom stereocenters. The number of carbonyl (C=O) groups is 3. The van der Waals surface area contributed by atoms with Gasteiger partial charge in [0.25, 0.3) is 0 Å². The van der Waals surface area contributed by atoms with Crippen LogP contribution in [-0.2, 0) is 16.1 Å². The van der Waals surface area contributed by atoms with E-state index in [4.69, 9.17) is 4.74 Å². The average Bonchev–Trinajstić information content (AvgIpc) is 2.83. The molecule has 0 aromatic heterocycles. The summed E-state index contributed by atoms with van der Waals surface area (Å²) >= 11 is 0. The molecule has 0 spiro atoms. The number of aliphatic hydroxyl groups is 1. The van der Waals surface area contributed by atoms with Gasteiger partial charge in [-0.1, -0.05) is 42.5 Å². The molecule has 1 aliphatic carbocycles. The minimum atomic E-state index is -0.620. The van der Waals surface area contributed by atoms with Gasteiger partial charge in [-0.15, -0.1) is 0 Å². The molecule has 194 valence electrons. The van der Waals surface area contributed by atoms with Crippen LogP contribution in [0.2, 0.25) is 0 Å². The zero-order chi connectivity index (χ0) is 26.3. The number of alkyl carbamates (subject to hydrolysis) is 1. The first kappa shape index (κ1) is 27.4. The Morgan fingerprint density at radius 2 is 1.67 bits per heavy atom. The Morgan fingerprint density at radius 3 is 2.31 bits per heavy atom. The standard InChI is InChI=1S/C29H38N2O5/c1-29(2,3)36-28(35)30-18-27(34)31(4)19-21-6-5-7-24(16-21)22-10-12-23(13-11-22)26(33)17-20-8-14-25(32)15-9-20/h5-7,10-13,16,20,25,32H,8-9,14-15,17-19H2,1-4H3,(H,30,35). The highest BCUT2D eigenvalue weighted by Gasteiger charge is 2.22. The molecule has 0 heterocycles. The highest BCUT2D eigenvalue weighted by molar-refractivity contribution is 5.96. The number of nitrogens with zero attached hydrogens (tertiary/aromatic N) is 1. The highest BCUT2D eigenvalue weighted by Crippen LogP contribution is 2.28. The van der Waals surface area contributed by atoms with Crippen molar-refractivity contribution < 1.29 is 24.2 Å². The maximum absolute atomic E-state index is 12.7. The van der Waals surface area contributed by atoms with Crippen LogP contribution >= 0.6 is 0 Å². The van der Waals surface area contributed by atoms with E-state index in [1.807, 2.05) is 48.5 Å². The summed E-state index contributed by atoms with van der Waals surface area (Å²) in [5.41, 5.74) is 3.05. The van der Waals surface area contributed by atoms with Crippen molar-refractivity contribution >= 4 is 17.8 Å². The van der Waals surface area contributed by atoms with Gasteiger partial charge < -0.3 is 20.1 Å². The molecule has 0 unspecified atom stereocenters. The Labute approximate surface area is 213 Å². The van der Waals surface area contributed by atoms with Gasteiger partial charge in [0.2, 0.25) is 5.91 Å². The number of carbonyl (C=O) groups excluding carboxylic acids is 3. The summed E-state index contributed by atoms with van der Waals surface area (Å²) in [5, 5.41) is 12.2. The second kappa shape index (κ2) is 12.2. The quantitative estimate of drug-likeness (QED) is 0.506. The van der Waals surface area contributed by atoms with Crippen LogP contribution in [0.15, 0.2) is 48.5 Å². The molecule has 0 bridgehead atoms. The molecule has 2 aromatic carbocycles. The van der Waals surface area contributed by atoms with Gasteiger partial charge in [-0.2, -0.15) is 0 Å². The van der Waals surface area contributed by atoms with Crippen LogP contribution in [0.4, 0.5) is 4.79 Å². The van der Waals surface area contributed by atoms with Crippen LogP contribution in [0.3, 0.4) is 0 Å². The maximum Gasteiger partial charge on any atom is 0.408 e. The molecular weight excluding hydrogens is 456 g/mol. The molecule has 1 aliphatic rings. The van der Waals surface area contributed by atoms with Crippen molar-refractivity contribution in [3.63, 3.8) is 0 Å². The summed E-state index contributed by atoms with van der Waals surface area (Å²) in [7, 11) is 1.69. The van der Waals surface area contributed by atoms with Crippen molar-refractivity contribution in [2.45, 2.75) is 71.1 Å². The van der Waals surface area contributed by atoms with E-state index in [0.717, 1.165) is 42.4 Å². The fourth-order valence-corrected chi connectivity index (χ4v) is 4.39. The highest BCUT2D eigenvalue weighted by atomic mass is 16.6. The van der Waals surface area contributed by atoms with E-state index in [2.05, 4.69) is 5.32 Å². The van der Waals surface area contributed by atoms with Gasteiger partial charge in [-0.05, 0) is 75.1 Å². The van der Waals surface area contributed by atoms with Crippen LogP contribution in [-0.4, -0.2) is 53.1 Å². The molecule has 0 aliphatic heterocycles. The van der Waals surface area contributed by atoms with Gasteiger partial charge in [0.05, 0.1) is 6.10 Å². The molecule has 2 aromatic rings. The normalized spacial score (nSPS) is 17.8. The Kier molecular flexibility index (Phi) is 9.26. The number of ether oxygens (including phenoxy) is 1. The smallest absolute Gasteiger partial charge is 0.408 e. The van der Waals surface area contributed by atoms with E-state index in [1.165, 1.54) is 0 Å². The molecule has 1 fully saturated rings. The van der Waals surface area contributed by atoms with Crippen LogP contribution < -0.4 is 5.32 Å². The minimum absolute atomic E-state index is 0.137. The second-order valence-electron chi connectivity index (χ2n) is 10.7. The molecule has 0 saturated heterocycles. The SMILES string of the molecule is CN(Cc1cccc(-c2ccc(C(=O)CC3CCC(O)CC3)cc2)c1)C(=O)CNC(=O)OC(C)(C)C. The van der Waals surface area contributed by atoms with Crippen molar-refractivity contribution in [3.8, 4) is 11.1 Å². The number of benzene rings is 2. The van der Waals surface area contributed by atoms with Gasteiger partial charge in [-0.25, -0.2) is 4.79 Å². The monoisotopic (exact) mass is 494 g/mol. The summed E-state index contributed by atoms with van der Waals surface area (Å²) in [6.07, 6.45) is 3.09. The predicted octanol–water partition coefficient (Wildman–Crippen LogP) is 4.96. The number of likely N-dealkylation sites (N-methyl/N-ethyl adjacent to an activating group) is 1. The first-order chi connectivity index (χ1) is 17.0. The predicted molar refractivity (Wildman–Crippen MR) is 140 cm³/mol. The molecule has 1 saturated carbocycles. The summed E-state index contributed by atoms with van der Waals surface area (Å²) in [6.45, 7) is 5.56. The van der Waals surface area contributed by atoms with Gasteiger partial charge in [0.1, 0.15) is 12.1 Å². The zero-order valence-electron chi connectivity index (χ0n) is 21.8. The summed E-state index contributed by atoms with van der Waals surface area (Å²) in [6, 6.07) is 15.6. The molecule has 2 amide bonds. The van der Waals surface area contributed by atoms with Gasteiger partial charge >= 0.3 is 6.09 Å². The largest absolute Gasteiger partial charge is 0.444 e. The molecule has 7 heteroatoms. The van der Waals surface area contributed by atoms with Crippen LogP contribution in [0, 0.1) is 5.92 Å². The summed E-state index contributed by atoms with van der Waals surface area (Å²) < 4.78 is 5.16. The molecule has 7 nitrogen and oxygen atoms in total. The number of aliphatic hydroxyl groups excluding tert-OH is 1. The Bertz CT molecular complexity index is 1050. The molecule has 3 rings (SSSR count). The minimum Gasteiger partial charge on any atom is -0.444 e. The van der Waals surface area contributed by atoms with Gasteiger partial charge in [-0.3, -0.25) is 9.59 Å². The molecule has 2 N–H and O–H groups in total. The lowest BCUT2D eigenvalue weighted by Crippen LogP contribution is -2.40. The number of rotatable bonds is 8. The number of Topliss-reactive ketones (excluding diaryl/α,β-unsaturated/α-hetero) is 1. The molecular formula is C29H38N2O5. The van der Waals surface area contributed by atoms with Crippen molar-refractivity contribution in [2.75, 3.05) is 13.6 Å². The third kappa shape index (κ3) is 8.48. The van der Waals surface area contributed by atoms with E-state index in [-0.39, 0.29) is 24.3 Å². The lowest BCUT2D eigenvalue weighted by atomic mass is 9.83. The average molecular weight is 495 g/mol. The molecule has 0 radical (unpaired) electrons. The van der Waals surface area contributed by atoms with Crippen LogP contribution in [0.5, 0.6) is 0 Å². The topological polar surface area (TPSA) is 95.9 Å². The van der Waals surface area contributed by atoms with Gasteiger partial charge in [0, 0.05) is 25.6 Å². The number of hydrogen-bond donors (Lipinski definition) is 2. The number of hydrogen-bond acceptors (Lipinski definition) is 5. The Hall–Kier alpha value is -3.19. The van der Waals surface area contributed by atoms with Crippen molar-refractivity contribution in [1.29, 1.82) is 0 Å². The van der Waals surface area contributed by atoms with Crippen molar-refractivity contribution in [3.05, 3.63) is 59.7 Å². The van der Waals surface area contributed by atoms with E-state index < -0.39 is 11.7 Å². The third-order valence-corrected chi connectivity index (χ3v) is 6.39. The third-order valence-electron chi connectivity index (χ3n) is 6.39. The van der Waals surface area contributed by atoms with E-state index in [9.17, 15) is 19.5 Å². The molecule has 36 heavy (non-hydrogen) atoms. The first-order valence-corrected chi connectivity index (χ1v) is 12.6. The van der Waals surface area contributed by atoms with Crippen LogP contribution in [0.1, 0.15) is 68.8 Å². The van der Waals surface area contributed by atoms with Crippen molar-refractivity contribution in [1.82, 2.24) is 10.2 Å². The van der Waals surface area contributed by atoms with Crippen LogP contribution in [0.25, 0.3) is 11.1 Å². The van der Waals surface area contributed by atoms with Gasteiger partial charge in [0.15, 0.2) is 5.78 Å². The fourth-order valence-electron chi connectivity index (χ4n) is 4.39. The van der Waals surface area contributed by atoms with E-state index in [1.54, 1.807) is 32.7 Å². The van der Waals surface area contributed by atoms with Crippen molar-refractivity contribution in [2.24, 2.45) is 5.92 Å². The number of nitrogens with one attached hydrogen (secondary N) is 1. The lowest BCUT2D eigenvalue weighted by molar-refractivity contribution is -0.129. The second-order valence-corrected chi connectivity index (χ2v) is 10.7. The Balaban J connectivity index is 1.55. The number of ketones is 1. The first-order valence-electron chi connectivity index (χ1n) is 12.6. The summed E-state index contributed by atoms with van der Waals surface area (Å²) in [5.74, 6) is 0.287. The van der Waals surface area contributed by atoms with E-state index in [0.29, 0.717) is 24.4 Å². The maximum atomic E-state index is 12.7. The zero-order valence-corrected chi connectivity index (χ0v) is 21.8. The van der Waals surface area contributed by atoms with E-state index >= 15 is 0 Å².